The first-order valence-electron chi connectivity index (χ1n) is 11.4. The molecule has 2 heterocycles. The molecule has 0 fully saturated rings. The summed E-state index contributed by atoms with van der Waals surface area (Å²) in [6, 6.07) is 10.6. The number of rotatable bonds is 3. The van der Waals surface area contributed by atoms with Crippen LogP contribution in [-0.2, 0) is 18.8 Å². The zero-order valence-corrected chi connectivity index (χ0v) is 19.7. The highest BCUT2D eigenvalue weighted by Crippen LogP contribution is 2.41. The lowest BCUT2D eigenvalue weighted by Gasteiger charge is -2.36. The topological polar surface area (TPSA) is 45.3 Å². The Kier molecular flexibility index (Phi) is 6.12. The number of hydrogen-bond acceptors (Lipinski definition) is 2. The van der Waals surface area contributed by atoms with Gasteiger partial charge in [0.2, 0.25) is 0 Å². The van der Waals surface area contributed by atoms with Crippen molar-refractivity contribution in [3.63, 3.8) is 0 Å². The number of nitrogens with zero attached hydrogens (tertiary/aromatic N) is 1. The standard InChI is InChI=1S/C27H19F7N2O2/c1-38-17-7-9-22-19(13-17)18-10-11-36(25(37)15-4-8-20(21(28)12-15)27(32,33)34)24(23(18)35-22)14-2-5-16(6-3-14)26(29,30)31/h2-9,12-13,24,35H,10-11H2,1H3. The van der Waals surface area contributed by atoms with Crippen LogP contribution in [0, 0.1) is 5.82 Å². The molecule has 0 saturated heterocycles. The van der Waals surface area contributed by atoms with Crippen molar-refractivity contribution in [3.05, 3.63) is 100.0 Å². The summed E-state index contributed by atoms with van der Waals surface area (Å²) in [7, 11) is 1.51. The number of nitrogens with one attached hydrogen (secondary N) is 1. The number of alkyl halides is 6. The number of ether oxygens (including phenoxy) is 1. The molecule has 1 aromatic heterocycles. The van der Waals surface area contributed by atoms with Crippen molar-refractivity contribution >= 4 is 16.8 Å². The SMILES string of the molecule is COc1ccc2[nH]c3c(c2c1)CCN(C(=O)c1ccc(C(F)(F)F)c(F)c1)C3c1ccc(C(F)(F)F)cc1. The highest BCUT2D eigenvalue weighted by molar-refractivity contribution is 5.96. The minimum Gasteiger partial charge on any atom is -0.497 e. The minimum absolute atomic E-state index is 0.0876. The van der Waals surface area contributed by atoms with Crippen LogP contribution in [0.2, 0.25) is 0 Å². The fourth-order valence-corrected chi connectivity index (χ4v) is 4.86. The van der Waals surface area contributed by atoms with Gasteiger partial charge >= 0.3 is 12.4 Å². The van der Waals surface area contributed by atoms with Crippen LogP contribution in [-0.4, -0.2) is 29.4 Å². The third-order valence-corrected chi connectivity index (χ3v) is 6.67. The third kappa shape index (κ3) is 4.46. The predicted molar refractivity (Wildman–Crippen MR) is 124 cm³/mol. The molecule has 198 valence electrons. The van der Waals surface area contributed by atoms with E-state index in [1.807, 2.05) is 0 Å². The summed E-state index contributed by atoms with van der Waals surface area (Å²) < 4.78 is 98.3. The Balaban J connectivity index is 1.62. The Labute approximate surface area is 211 Å². The number of halogens is 7. The van der Waals surface area contributed by atoms with Gasteiger partial charge in [0.05, 0.1) is 24.3 Å². The second kappa shape index (κ2) is 9.07. The molecule has 0 saturated carbocycles. The summed E-state index contributed by atoms with van der Waals surface area (Å²) in [4.78, 5) is 18.1. The molecule has 1 aliphatic heterocycles. The second-order valence-corrected chi connectivity index (χ2v) is 8.89. The van der Waals surface area contributed by atoms with Crippen LogP contribution in [0.3, 0.4) is 0 Å². The van der Waals surface area contributed by atoms with E-state index in [1.165, 1.54) is 24.1 Å². The number of carbonyl (C=O) groups excluding carboxylic acids is 1. The molecule has 4 aromatic rings. The molecule has 0 spiro atoms. The normalized spacial score (nSPS) is 16.0. The van der Waals surface area contributed by atoms with Gasteiger partial charge in [0.15, 0.2) is 0 Å². The number of hydrogen-bond donors (Lipinski definition) is 1. The van der Waals surface area contributed by atoms with Crippen LogP contribution >= 0.6 is 0 Å². The number of H-pyrrole nitrogens is 1. The van der Waals surface area contributed by atoms with E-state index in [0.29, 0.717) is 41.1 Å². The van der Waals surface area contributed by atoms with Crippen LogP contribution in [0.15, 0.2) is 60.7 Å². The lowest BCUT2D eigenvalue weighted by molar-refractivity contribution is -0.140. The van der Waals surface area contributed by atoms with Gasteiger partial charge in [-0.2, -0.15) is 26.3 Å². The van der Waals surface area contributed by atoms with Gasteiger partial charge in [-0.1, -0.05) is 12.1 Å². The molecule has 38 heavy (non-hydrogen) atoms. The monoisotopic (exact) mass is 536 g/mol. The Bertz CT molecular complexity index is 1520. The Morgan fingerprint density at radius 1 is 0.947 bits per heavy atom. The van der Waals surface area contributed by atoms with Crippen molar-refractivity contribution in [2.24, 2.45) is 0 Å². The van der Waals surface area contributed by atoms with Crippen molar-refractivity contribution < 1.29 is 40.3 Å². The van der Waals surface area contributed by atoms with E-state index < -0.39 is 41.2 Å². The number of aromatic amines is 1. The third-order valence-electron chi connectivity index (χ3n) is 6.67. The maximum absolute atomic E-state index is 14.3. The van der Waals surface area contributed by atoms with Crippen LogP contribution in [0.5, 0.6) is 5.75 Å². The van der Waals surface area contributed by atoms with E-state index in [9.17, 15) is 35.5 Å². The highest BCUT2D eigenvalue weighted by Gasteiger charge is 2.38. The fraction of sp³-hybridized carbons (Fsp3) is 0.222. The molecule has 1 amide bonds. The van der Waals surface area contributed by atoms with Crippen molar-refractivity contribution in [1.29, 1.82) is 0 Å². The summed E-state index contributed by atoms with van der Waals surface area (Å²) >= 11 is 0. The molecule has 1 atom stereocenters. The molecule has 11 heteroatoms. The lowest BCUT2D eigenvalue weighted by Crippen LogP contribution is -2.40. The zero-order valence-electron chi connectivity index (χ0n) is 19.7. The summed E-state index contributed by atoms with van der Waals surface area (Å²) in [6.07, 6.45) is -9.16. The number of methoxy groups -OCH3 is 1. The number of fused-ring (bicyclic) bond motifs is 3. The predicted octanol–water partition coefficient (Wildman–Crippen LogP) is 7.14. The first kappa shape index (κ1) is 25.6. The highest BCUT2D eigenvalue weighted by atomic mass is 19.4. The second-order valence-electron chi connectivity index (χ2n) is 8.89. The zero-order chi connectivity index (χ0) is 27.4. The summed E-state index contributed by atoms with van der Waals surface area (Å²) in [6.45, 7) is 0.0876. The van der Waals surface area contributed by atoms with Gasteiger partial charge in [-0.25, -0.2) is 4.39 Å². The molecule has 3 aromatic carbocycles. The fourth-order valence-electron chi connectivity index (χ4n) is 4.86. The van der Waals surface area contributed by atoms with E-state index in [-0.39, 0.29) is 12.1 Å². The van der Waals surface area contributed by atoms with Gasteiger partial charge in [0.1, 0.15) is 11.6 Å². The molecular weight excluding hydrogens is 517 g/mol. The smallest absolute Gasteiger partial charge is 0.419 e. The largest absolute Gasteiger partial charge is 0.497 e. The number of benzene rings is 3. The molecule has 4 nitrogen and oxygen atoms in total. The first-order valence-corrected chi connectivity index (χ1v) is 11.4. The van der Waals surface area contributed by atoms with Gasteiger partial charge in [-0.15, -0.1) is 0 Å². The van der Waals surface area contributed by atoms with E-state index in [4.69, 9.17) is 4.74 Å². The molecule has 1 unspecified atom stereocenters. The quantitative estimate of drug-likeness (QED) is 0.283. The maximum Gasteiger partial charge on any atom is 0.419 e. The van der Waals surface area contributed by atoms with Crippen molar-refractivity contribution in [3.8, 4) is 5.75 Å². The average molecular weight is 536 g/mol. The van der Waals surface area contributed by atoms with Crippen molar-refractivity contribution in [2.75, 3.05) is 13.7 Å². The van der Waals surface area contributed by atoms with Crippen LogP contribution in [0.4, 0.5) is 30.7 Å². The van der Waals surface area contributed by atoms with Gasteiger partial charge < -0.3 is 14.6 Å². The number of carbonyl (C=O) groups is 1. The van der Waals surface area contributed by atoms with E-state index in [0.717, 1.165) is 29.1 Å². The van der Waals surface area contributed by atoms with Gasteiger partial charge in [-0.05, 0) is 66.1 Å². The van der Waals surface area contributed by atoms with Crippen LogP contribution in [0.25, 0.3) is 10.9 Å². The van der Waals surface area contributed by atoms with Gasteiger partial charge in [0.25, 0.3) is 5.91 Å². The maximum atomic E-state index is 14.3. The van der Waals surface area contributed by atoms with Crippen LogP contribution in [0.1, 0.15) is 44.3 Å². The summed E-state index contributed by atoms with van der Waals surface area (Å²) in [5, 5.41) is 0.809. The molecule has 0 radical (unpaired) electrons. The van der Waals surface area contributed by atoms with Crippen molar-refractivity contribution in [1.82, 2.24) is 9.88 Å². The molecule has 0 aliphatic carbocycles. The first-order chi connectivity index (χ1) is 17.9. The van der Waals surface area contributed by atoms with E-state index in [2.05, 4.69) is 4.98 Å². The van der Waals surface area contributed by atoms with E-state index in [1.54, 1.807) is 18.2 Å². The molecule has 1 aliphatic rings. The van der Waals surface area contributed by atoms with Gasteiger partial charge in [0, 0.05) is 28.7 Å². The average Bonchev–Trinajstić information content (AvgIpc) is 3.24. The molecular formula is C27H19F7N2O2. The van der Waals surface area contributed by atoms with Crippen molar-refractivity contribution in [2.45, 2.75) is 24.8 Å². The van der Waals surface area contributed by atoms with E-state index >= 15 is 0 Å². The Hall–Kier alpha value is -4.02. The van der Waals surface area contributed by atoms with Gasteiger partial charge in [-0.3, -0.25) is 4.79 Å². The Morgan fingerprint density at radius 3 is 2.26 bits per heavy atom. The lowest BCUT2D eigenvalue weighted by atomic mass is 9.91. The molecule has 1 N–H and O–H groups in total. The summed E-state index contributed by atoms with van der Waals surface area (Å²) in [5.74, 6) is -1.77. The number of amides is 1. The van der Waals surface area contributed by atoms with Crippen LogP contribution < -0.4 is 4.74 Å². The molecule has 0 bridgehead atoms. The Morgan fingerprint density at radius 2 is 1.66 bits per heavy atom. The number of aromatic nitrogens is 1. The molecule has 5 rings (SSSR count). The summed E-state index contributed by atoms with van der Waals surface area (Å²) in [5.41, 5.74) is -0.263. The minimum atomic E-state index is -4.93.